The van der Waals surface area contributed by atoms with Gasteiger partial charge in [-0.05, 0) is 19.1 Å². The minimum absolute atomic E-state index is 0.0290. The minimum Gasteiger partial charge on any atom is -0.444 e. The van der Waals surface area contributed by atoms with Gasteiger partial charge < -0.3 is 14.8 Å². The number of aliphatic hydroxyl groups excluding tert-OH is 1. The molecule has 2 aromatic rings. The number of nitrogens with one attached hydrogen (secondary N) is 1. The average molecular weight is 285 g/mol. The summed E-state index contributed by atoms with van der Waals surface area (Å²) in [7, 11) is 0. The van der Waals surface area contributed by atoms with Gasteiger partial charge in [-0.25, -0.2) is 9.97 Å². The van der Waals surface area contributed by atoms with Crippen molar-refractivity contribution < 1.29 is 14.3 Å². The molecule has 2 rings (SSSR count). The number of nitrogens with zero attached hydrogens (tertiary/aromatic N) is 2. The van der Waals surface area contributed by atoms with Gasteiger partial charge in [-0.2, -0.15) is 0 Å². The van der Waals surface area contributed by atoms with Crippen molar-refractivity contribution in [3.8, 4) is 11.8 Å². The number of carbonyl (C=O) groups is 1. The summed E-state index contributed by atoms with van der Waals surface area (Å²) in [6, 6.07) is 3.31. The summed E-state index contributed by atoms with van der Waals surface area (Å²) in [5.41, 5.74) is 0.995. The second-order valence-corrected chi connectivity index (χ2v) is 4.25. The molecule has 0 saturated heterocycles. The summed E-state index contributed by atoms with van der Waals surface area (Å²) in [4.78, 5) is 19.9. The van der Waals surface area contributed by atoms with Crippen LogP contribution in [0.2, 0.25) is 0 Å². The maximum atomic E-state index is 11.9. The monoisotopic (exact) mass is 285 g/mol. The molecule has 0 aliphatic heterocycles. The number of pyridine rings is 1. The fraction of sp³-hybridized carbons (Fsp3) is 0.267. The van der Waals surface area contributed by atoms with Crippen LogP contribution in [0, 0.1) is 18.8 Å². The maximum absolute atomic E-state index is 11.9. The highest BCUT2D eigenvalue weighted by atomic mass is 16.4. The summed E-state index contributed by atoms with van der Waals surface area (Å²) in [6.45, 7) is 2.03. The molecular weight excluding hydrogens is 270 g/mol. The van der Waals surface area contributed by atoms with Gasteiger partial charge in [0, 0.05) is 18.2 Å². The molecule has 1 amide bonds. The normalized spacial score (nSPS) is 9.81. The smallest absolute Gasteiger partial charge is 0.270 e. The van der Waals surface area contributed by atoms with E-state index in [0.29, 0.717) is 29.3 Å². The molecule has 2 N–H and O–H groups in total. The molecule has 0 radical (unpaired) electrons. The molecule has 0 aliphatic rings. The van der Waals surface area contributed by atoms with E-state index in [9.17, 15) is 4.79 Å². The number of aryl methyl sites for hydroxylation is 1. The van der Waals surface area contributed by atoms with E-state index in [-0.39, 0.29) is 19.1 Å². The molecular formula is C15H15N3O3. The first kappa shape index (κ1) is 14.8. The van der Waals surface area contributed by atoms with E-state index in [1.807, 2.05) is 0 Å². The number of aliphatic hydroxyl groups is 1. The molecule has 2 aromatic heterocycles. The molecule has 0 spiro atoms. The second-order valence-electron chi connectivity index (χ2n) is 4.25. The Kier molecular flexibility index (Phi) is 5.07. The summed E-state index contributed by atoms with van der Waals surface area (Å²) in [6.07, 6.45) is 3.53. The van der Waals surface area contributed by atoms with Crippen LogP contribution in [0.5, 0.6) is 0 Å². The molecule has 108 valence electrons. The quantitative estimate of drug-likeness (QED) is 0.819. The van der Waals surface area contributed by atoms with E-state index < -0.39 is 0 Å². The lowest BCUT2D eigenvalue weighted by atomic mass is 10.2. The zero-order valence-electron chi connectivity index (χ0n) is 11.6. The van der Waals surface area contributed by atoms with Gasteiger partial charge in [0.25, 0.3) is 5.91 Å². The fourth-order valence-electron chi connectivity index (χ4n) is 1.55. The molecule has 0 aliphatic carbocycles. The van der Waals surface area contributed by atoms with E-state index in [2.05, 4.69) is 27.1 Å². The molecule has 21 heavy (non-hydrogen) atoms. The number of aromatic nitrogens is 2. The molecule has 6 heteroatoms. The van der Waals surface area contributed by atoms with Gasteiger partial charge in [0.1, 0.15) is 11.5 Å². The molecule has 0 unspecified atom stereocenters. The first-order valence-corrected chi connectivity index (χ1v) is 6.44. The Morgan fingerprint density at radius 3 is 2.86 bits per heavy atom. The van der Waals surface area contributed by atoms with E-state index in [1.165, 1.54) is 6.20 Å². The summed E-state index contributed by atoms with van der Waals surface area (Å²) >= 11 is 0. The van der Waals surface area contributed by atoms with Gasteiger partial charge >= 0.3 is 0 Å². The van der Waals surface area contributed by atoms with Crippen LogP contribution in [0.4, 0.5) is 0 Å². The number of oxazole rings is 1. The van der Waals surface area contributed by atoms with Gasteiger partial charge in [-0.1, -0.05) is 11.8 Å². The third kappa shape index (κ3) is 4.44. The van der Waals surface area contributed by atoms with Crippen LogP contribution in [0.1, 0.15) is 34.1 Å². The number of hydrogen-bond acceptors (Lipinski definition) is 5. The van der Waals surface area contributed by atoms with Crippen molar-refractivity contribution in [1.82, 2.24) is 15.3 Å². The number of hydrogen-bond donors (Lipinski definition) is 2. The van der Waals surface area contributed by atoms with E-state index in [0.717, 1.165) is 0 Å². The molecule has 0 aromatic carbocycles. The van der Waals surface area contributed by atoms with Gasteiger partial charge in [0.15, 0.2) is 0 Å². The van der Waals surface area contributed by atoms with Crippen LogP contribution in [0.15, 0.2) is 28.9 Å². The Bertz CT molecular complexity index is 665. The third-order valence-corrected chi connectivity index (χ3v) is 2.53. The van der Waals surface area contributed by atoms with Crippen LogP contribution in [-0.4, -0.2) is 27.6 Å². The van der Waals surface area contributed by atoms with Gasteiger partial charge in [-0.15, -0.1) is 0 Å². The Hall–Kier alpha value is -2.65. The van der Waals surface area contributed by atoms with E-state index >= 15 is 0 Å². The summed E-state index contributed by atoms with van der Waals surface area (Å²) in [5, 5.41) is 11.3. The van der Waals surface area contributed by atoms with Crippen LogP contribution in [-0.2, 0) is 6.54 Å². The minimum atomic E-state index is -0.305. The van der Waals surface area contributed by atoms with Crippen molar-refractivity contribution >= 4 is 5.91 Å². The van der Waals surface area contributed by atoms with Crippen LogP contribution in [0.25, 0.3) is 0 Å². The van der Waals surface area contributed by atoms with Crippen molar-refractivity contribution in [2.45, 2.75) is 19.9 Å². The van der Waals surface area contributed by atoms with Crippen LogP contribution in [0.3, 0.4) is 0 Å². The lowest BCUT2D eigenvalue weighted by Crippen LogP contribution is -2.23. The van der Waals surface area contributed by atoms with Gasteiger partial charge in [-0.3, -0.25) is 4.79 Å². The molecule has 0 saturated carbocycles. The Morgan fingerprint density at radius 2 is 2.24 bits per heavy atom. The maximum Gasteiger partial charge on any atom is 0.270 e. The van der Waals surface area contributed by atoms with Crippen molar-refractivity contribution in [3.05, 3.63) is 47.4 Å². The standard InChI is InChI=1S/C15H15N3O3/c1-11-8-17-14(21-11)10-18-15(20)13-6-5-12(9-16-13)4-2-3-7-19/h5-6,8-9,19H,3,7,10H2,1H3,(H,18,20). The third-order valence-electron chi connectivity index (χ3n) is 2.53. The van der Waals surface area contributed by atoms with Crippen molar-refractivity contribution in [2.75, 3.05) is 6.61 Å². The zero-order valence-corrected chi connectivity index (χ0v) is 11.6. The summed E-state index contributed by atoms with van der Waals surface area (Å²) in [5.74, 6) is 6.47. The van der Waals surface area contributed by atoms with Crippen molar-refractivity contribution in [3.63, 3.8) is 0 Å². The van der Waals surface area contributed by atoms with Gasteiger partial charge in [0.05, 0.1) is 19.3 Å². The highest BCUT2D eigenvalue weighted by Crippen LogP contribution is 2.02. The largest absolute Gasteiger partial charge is 0.444 e. The first-order valence-electron chi connectivity index (χ1n) is 6.44. The SMILES string of the molecule is Cc1cnc(CNC(=O)c2ccc(C#CCCO)cn2)o1. The fourth-order valence-corrected chi connectivity index (χ4v) is 1.55. The average Bonchev–Trinajstić information content (AvgIpc) is 2.91. The second kappa shape index (κ2) is 7.22. The lowest BCUT2D eigenvalue weighted by Gasteiger charge is -2.02. The molecule has 6 nitrogen and oxygen atoms in total. The number of amides is 1. The zero-order chi connectivity index (χ0) is 15.1. The predicted octanol–water partition coefficient (Wildman–Crippen LogP) is 1.04. The molecule has 2 heterocycles. The molecule has 0 bridgehead atoms. The predicted molar refractivity (Wildman–Crippen MR) is 75.2 cm³/mol. The Labute approximate surface area is 122 Å². The van der Waals surface area contributed by atoms with E-state index in [4.69, 9.17) is 9.52 Å². The lowest BCUT2D eigenvalue weighted by molar-refractivity contribution is 0.0942. The summed E-state index contributed by atoms with van der Waals surface area (Å²) < 4.78 is 5.26. The van der Waals surface area contributed by atoms with Gasteiger partial charge in [0.2, 0.25) is 5.89 Å². The number of carbonyl (C=O) groups excluding carboxylic acids is 1. The van der Waals surface area contributed by atoms with Crippen LogP contribution < -0.4 is 5.32 Å². The number of rotatable bonds is 4. The Balaban J connectivity index is 1.92. The molecule has 0 atom stereocenters. The molecule has 0 fully saturated rings. The Morgan fingerprint density at radius 1 is 1.38 bits per heavy atom. The topological polar surface area (TPSA) is 88.2 Å². The van der Waals surface area contributed by atoms with Crippen molar-refractivity contribution in [2.24, 2.45) is 0 Å². The first-order chi connectivity index (χ1) is 10.2. The van der Waals surface area contributed by atoms with E-state index in [1.54, 1.807) is 25.3 Å². The van der Waals surface area contributed by atoms with Crippen molar-refractivity contribution in [1.29, 1.82) is 0 Å². The highest BCUT2D eigenvalue weighted by Gasteiger charge is 2.08. The highest BCUT2D eigenvalue weighted by molar-refractivity contribution is 5.92. The van der Waals surface area contributed by atoms with Crippen LogP contribution >= 0.6 is 0 Å².